The number of aryl methyl sites for hydroxylation is 1. The number of nitrogens with two attached hydrogens (primary N) is 1. The van der Waals surface area contributed by atoms with Gasteiger partial charge in [0.15, 0.2) is 0 Å². The normalized spacial score (nSPS) is 12.3. The van der Waals surface area contributed by atoms with Crippen LogP contribution in [0.2, 0.25) is 0 Å². The number of benzene rings is 1. The monoisotopic (exact) mass is 223 g/mol. The standard InChI is InChI=1S/C13H21NO2/c1-5-16-12-7-11(10(3)8-14)13(15-4)6-9(12)2/h6-7,10H,5,8,14H2,1-4H3. The Hall–Kier alpha value is -1.22. The van der Waals surface area contributed by atoms with E-state index in [4.69, 9.17) is 15.2 Å². The summed E-state index contributed by atoms with van der Waals surface area (Å²) in [6.45, 7) is 7.36. The quantitative estimate of drug-likeness (QED) is 0.834. The summed E-state index contributed by atoms with van der Waals surface area (Å²) >= 11 is 0. The van der Waals surface area contributed by atoms with E-state index in [1.807, 2.05) is 26.0 Å². The Morgan fingerprint density at radius 1 is 1.31 bits per heavy atom. The minimum atomic E-state index is 0.273. The van der Waals surface area contributed by atoms with Crippen molar-refractivity contribution in [2.24, 2.45) is 5.73 Å². The van der Waals surface area contributed by atoms with Crippen LogP contribution >= 0.6 is 0 Å². The van der Waals surface area contributed by atoms with E-state index in [2.05, 4.69) is 6.92 Å². The van der Waals surface area contributed by atoms with Gasteiger partial charge in [-0.25, -0.2) is 0 Å². The molecule has 3 nitrogen and oxygen atoms in total. The highest BCUT2D eigenvalue weighted by Crippen LogP contribution is 2.32. The molecule has 0 saturated heterocycles. The molecule has 0 bridgehead atoms. The third-order valence-corrected chi connectivity index (χ3v) is 2.71. The van der Waals surface area contributed by atoms with Crippen molar-refractivity contribution in [2.75, 3.05) is 20.3 Å². The van der Waals surface area contributed by atoms with Crippen molar-refractivity contribution in [3.63, 3.8) is 0 Å². The van der Waals surface area contributed by atoms with Crippen LogP contribution in [0.4, 0.5) is 0 Å². The van der Waals surface area contributed by atoms with E-state index in [1.165, 1.54) is 0 Å². The fraction of sp³-hybridized carbons (Fsp3) is 0.538. The number of ether oxygens (including phenoxy) is 2. The van der Waals surface area contributed by atoms with Crippen LogP contribution in [0.3, 0.4) is 0 Å². The molecule has 0 saturated carbocycles. The third-order valence-electron chi connectivity index (χ3n) is 2.71. The largest absolute Gasteiger partial charge is 0.496 e. The average Bonchev–Trinajstić information content (AvgIpc) is 2.30. The summed E-state index contributed by atoms with van der Waals surface area (Å²) in [4.78, 5) is 0. The lowest BCUT2D eigenvalue weighted by Gasteiger charge is -2.17. The van der Waals surface area contributed by atoms with Crippen molar-refractivity contribution in [3.05, 3.63) is 23.3 Å². The number of hydrogen-bond acceptors (Lipinski definition) is 3. The zero-order valence-electron chi connectivity index (χ0n) is 10.5. The summed E-state index contributed by atoms with van der Waals surface area (Å²) in [6.07, 6.45) is 0. The van der Waals surface area contributed by atoms with Crippen LogP contribution in [-0.4, -0.2) is 20.3 Å². The molecule has 1 aromatic carbocycles. The van der Waals surface area contributed by atoms with Crippen LogP contribution in [0.5, 0.6) is 11.5 Å². The minimum Gasteiger partial charge on any atom is -0.496 e. The van der Waals surface area contributed by atoms with Gasteiger partial charge in [0.2, 0.25) is 0 Å². The van der Waals surface area contributed by atoms with Crippen LogP contribution < -0.4 is 15.2 Å². The fourth-order valence-corrected chi connectivity index (χ4v) is 1.68. The minimum absolute atomic E-state index is 0.273. The second kappa shape index (κ2) is 5.75. The Labute approximate surface area is 97.6 Å². The Bertz CT molecular complexity index is 350. The molecule has 0 radical (unpaired) electrons. The maximum absolute atomic E-state index is 5.69. The molecular formula is C13H21NO2. The Balaban J connectivity index is 3.17. The van der Waals surface area contributed by atoms with E-state index in [9.17, 15) is 0 Å². The second-order valence-electron chi connectivity index (χ2n) is 3.93. The second-order valence-corrected chi connectivity index (χ2v) is 3.93. The fourth-order valence-electron chi connectivity index (χ4n) is 1.68. The molecule has 1 aromatic rings. The number of methoxy groups -OCH3 is 1. The van der Waals surface area contributed by atoms with E-state index in [0.717, 1.165) is 22.6 Å². The molecule has 3 heteroatoms. The highest BCUT2D eigenvalue weighted by atomic mass is 16.5. The molecule has 2 N–H and O–H groups in total. The Kier molecular flexibility index (Phi) is 4.62. The molecule has 1 atom stereocenters. The van der Waals surface area contributed by atoms with Crippen molar-refractivity contribution in [3.8, 4) is 11.5 Å². The average molecular weight is 223 g/mol. The molecule has 0 heterocycles. The van der Waals surface area contributed by atoms with E-state index >= 15 is 0 Å². The van der Waals surface area contributed by atoms with E-state index < -0.39 is 0 Å². The first kappa shape index (κ1) is 12.8. The van der Waals surface area contributed by atoms with Gasteiger partial charge in [-0.2, -0.15) is 0 Å². The summed E-state index contributed by atoms with van der Waals surface area (Å²) in [5.41, 5.74) is 7.89. The van der Waals surface area contributed by atoms with E-state index in [0.29, 0.717) is 13.2 Å². The van der Waals surface area contributed by atoms with Crippen molar-refractivity contribution < 1.29 is 9.47 Å². The maximum Gasteiger partial charge on any atom is 0.122 e. The van der Waals surface area contributed by atoms with Gasteiger partial charge in [0.25, 0.3) is 0 Å². The molecule has 0 spiro atoms. The molecule has 16 heavy (non-hydrogen) atoms. The summed E-state index contributed by atoms with van der Waals surface area (Å²) in [6, 6.07) is 4.04. The molecule has 0 aliphatic rings. The van der Waals surface area contributed by atoms with Crippen molar-refractivity contribution in [2.45, 2.75) is 26.7 Å². The highest BCUT2D eigenvalue weighted by molar-refractivity contribution is 5.47. The highest BCUT2D eigenvalue weighted by Gasteiger charge is 2.13. The summed E-state index contributed by atoms with van der Waals surface area (Å²) in [5.74, 6) is 2.08. The SMILES string of the molecule is CCOc1cc(C(C)CN)c(OC)cc1C. The first-order chi connectivity index (χ1) is 7.63. The number of rotatable bonds is 5. The van der Waals surface area contributed by atoms with Crippen molar-refractivity contribution in [1.82, 2.24) is 0 Å². The lowest BCUT2D eigenvalue weighted by molar-refractivity contribution is 0.335. The molecule has 0 aliphatic heterocycles. The van der Waals surface area contributed by atoms with E-state index in [1.54, 1.807) is 7.11 Å². The van der Waals surface area contributed by atoms with Crippen molar-refractivity contribution in [1.29, 1.82) is 0 Å². The van der Waals surface area contributed by atoms with E-state index in [-0.39, 0.29) is 5.92 Å². The van der Waals surface area contributed by atoms with Gasteiger partial charge in [-0.15, -0.1) is 0 Å². The molecule has 0 fully saturated rings. The van der Waals surface area contributed by atoms with Gasteiger partial charge in [0, 0.05) is 5.56 Å². The molecule has 1 rings (SSSR count). The number of hydrogen-bond donors (Lipinski definition) is 1. The van der Waals surface area contributed by atoms with Gasteiger partial charge in [-0.3, -0.25) is 0 Å². The lowest BCUT2D eigenvalue weighted by atomic mass is 9.98. The zero-order valence-corrected chi connectivity index (χ0v) is 10.5. The van der Waals surface area contributed by atoms with Gasteiger partial charge >= 0.3 is 0 Å². The van der Waals surface area contributed by atoms with Crippen LogP contribution in [0.1, 0.15) is 30.9 Å². The predicted molar refractivity (Wildman–Crippen MR) is 66.4 cm³/mol. The maximum atomic E-state index is 5.69. The first-order valence-corrected chi connectivity index (χ1v) is 5.65. The molecule has 0 aliphatic carbocycles. The molecule has 1 unspecified atom stereocenters. The van der Waals surface area contributed by atoms with Crippen LogP contribution in [0, 0.1) is 6.92 Å². The van der Waals surface area contributed by atoms with Crippen molar-refractivity contribution >= 4 is 0 Å². The Morgan fingerprint density at radius 3 is 2.50 bits per heavy atom. The van der Waals surface area contributed by atoms with Gasteiger partial charge in [-0.1, -0.05) is 6.92 Å². The third kappa shape index (κ3) is 2.67. The summed E-state index contributed by atoms with van der Waals surface area (Å²) in [5, 5.41) is 0. The smallest absolute Gasteiger partial charge is 0.122 e. The van der Waals surface area contributed by atoms with Gasteiger partial charge in [-0.05, 0) is 44.0 Å². The topological polar surface area (TPSA) is 44.5 Å². The summed E-state index contributed by atoms with van der Waals surface area (Å²) < 4.78 is 10.9. The predicted octanol–water partition coefficient (Wildman–Crippen LogP) is 2.46. The van der Waals surface area contributed by atoms with Gasteiger partial charge in [0.1, 0.15) is 11.5 Å². The lowest BCUT2D eigenvalue weighted by Crippen LogP contribution is -2.10. The van der Waals surface area contributed by atoms with Crippen LogP contribution in [0.15, 0.2) is 12.1 Å². The van der Waals surface area contributed by atoms with Crippen LogP contribution in [-0.2, 0) is 0 Å². The molecule has 90 valence electrons. The van der Waals surface area contributed by atoms with Gasteiger partial charge < -0.3 is 15.2 Å². The molecular weight excluding hydrogens is 202 g/mol. The summed E-state index contributed by atoms with van der Waals surface area (Å²) in [7, 11) is 1.68. The van der Waals surface area contributed by atoms with Crippen LogP contribution in [0.25, 0.3) is 0 Å². The zero-order chi connectivity index (χ0) is 12.1. The molecule has 0 aromatic heterocycles. The Morgan fingerprint density at radius 2 is 2.00 bits per heavy atom. The van der Waals surface area contributed by atoms with Gasteiger partial charge in [0.05, 0.1) is 13.7 Å². The first-order valence-electron chi connectivity index (χ1n) is 5.65. The molecule has 0 amide bonds.